The molecule has 0 bridgehead atoms. The summed E-state index contributed by atoms with van der Waals surface area (Å²) in [6.45, 7) is 0.608. The number of hydrogen-bond donors (Lipinski definition) is 1. The largest absolute Gasteiger partial charge is 0.354 e. The van der Waals surface area contributed by atoms with Crippen molar-refractivity contribution in [2.75, 3.05) is 11.9 Å². The molecule has 0 saturated heterocycles. The Balaban J connectivity index is 1.59. The zero-order chi connectivity index (χ0) is 20.1. The molecule has 0 spiro atoms. The van der Waals surface area contributed by atoms with Gasteiger partial charge >= 0.3 is 0 Å². The first-order valence-corrected chi connectivity index (χ1v) is 9.21. The first-order valence-electron chi connectivity index (χ1n) is 9.21. The van der Waals surface area contributed by atoms with Crippen LogP contribution in [0.2, 0.25) is 0 Å². The number of aromatic nitrogens is 3. The molecule has 0 fully saturated rings. The monoisotopic (exact) mass is 388 g/mol. The zero-order valence-electron chi connectivity index (χ0n) is 15.5. The van der Waals surface area contributed by atoms with Crippen LogP contribution in [0.5, 0.6) is 0 Å². The van der Waals surface area contributed by atoms with E-state index in [1.165, 1.54) is 24.3 Å². The van der Waals surface area contributed by atoms with Gasteiger partial charge in [-0.3, -0.25) is 4.98 Å². The Morgan fingerprint density at radius 2 is 1.41 bits per heavy atom. The van der Waals surface area contributed by atoms with Crippen LogP contribution in [-0.4, -0.2) is 21.5 Å². The summed E-state index contributed by atoms with van der Waals surface area (Å²) < 4.78 is 26.3. The standard InChI is InChI=1S/C23H18F2N4/c24-19-5-1-16(2-6-19)9-14-27-23-28-15-21(17-3-7-20(25)8-4-17)22(29-23)18-10-12-26-13-11-18/h1-8,10-13,15H,9,14H2,(H,27,28,29). The van der Waals surface area contributed by atoms with E-state index in [9.17, 15) is 8.78 Å². The summed E-state index contributed by atoms with van der Waals surface area (Å²) in [6.07, 6.45) is 5.85. The van der Waals surface area contributed by atoms with Crippen LogP contribution in [0, 0.1) is 11.6 Å². The summed E-state index contributed by atoms with van der Waals surface area (Å²) in [5.41, 5.74) is 4.29. The minimum atomic E-state index is -0.292. The van der Waals surface area contributed by atoms with E-state index in [0.717, 1.165) is 27.9 Å². The number of nitrogens with one attached hydrogen (secondary N) is 1. The van der Waals surface area contributed by atoms with Gasteiger partial charge in [0.05, 0.1) is 5.69 Å². The summed E-state index contributed by atoms with van der Waals surface area (Å²) in [6, 6.07) is 16.4. The Labute approximate surface area is 167 Å². The first-order chi connectivity index (χ1) is 14.2. The van der Waals surface area contributed by atoms with Gasteiger partial charge in [-0.2, -0.15) is 0 Å². The van der Waals surface area contributed by atoms with Crippen molar-refractivity contribution in [3.8, 4) is 22.4 Å². The molecule has 144 valence electrons. The highest BCUT2D eigenvalue weighted by molar-refractivity contribution is 5.80. The molecule has 0 unspecified atom stereocenters. The lowest BCUT2D eigenvalue weighted by molar-refractivity contribution is 0.627. The maximum Gasteiger partial charge on any atom is 0.223 e. The smallest absolute Gasteiger partial charge is 0.223 e. The van der Waals surface area contributed by atoms with Crippen LogP contribution in [-0.2, 0) is 6.42 Å². The van der Waals surface area contributed by atoms with E-state index in [1.54, 1.807) is 42.9 Å². The van der Waals surface area contributed by atoms with Gasteiger partial charge in [-0.05, 0) is 53.9 Å². The van der Waals surface area contributed by atoms with E-state index in [0.29, 0.717) is 18.9 Å². The summed E-state index contributed by atoms with van der Waals surface area (Å²) in [5, 5.41) is 3.21. The zero-order valence-corrected chi connectivity index (χ0v) is 15.5. The molecule has 0 atom stereocenters. The van der Waals surface area contributed by atoms with Crippen LogP contribution < -0.4 is 5.32 Å². The second-order valence-corrected chi connectivity index (χ2v) is 6.50. The van der Waals surface area contributed by atoms with Crippen molar-refractivity contribution in [2.24, 2.45) is 0 Å². The van der Waals surface area contributed by atoms with Gasteiger partial charge in [-0.1, -0.05) is 24.3 Å². The maximum absolute atomic E-state index is 13.3. The van der Waals surface area contributed by atoms with Gasteiger partial charge in [-0.25, -0.2) is 18.7 Å². The van der Waals surface area contributed by atoms with Crippen molar-refractivity contribution in [3.05, 3.63) is 96.5 Å². The van der Waals surface area contributed by atoms with E-state index >= 15 is 0 Å². The molecule has 4 nitrogen and oxygen atoms in total. The van der Waals surface area contributed by atoms with Crippen LogP contribution in [0.4, 0.5) is 14.7 Å². The second kappa shape index (κ2) is 8.56. The van der Waals surface area contributed by atoms with Gasteiger partial charge in [0.15, 0.2) is 0 Å². The van der Waals surface area contributed by atoms with Crippen molar-refractivity contribution in [1.29, 1.82) is 0 Å². The highest BCUT2D eigenvalue weighted by Gasteiger charge is 2.12. The van der Waals surface area contributed by atoms with Crippen molar-refractivity contribution < 1.29 is 8.78 Å². The fourth-order valence-electron chi connectivity index (χ4n) is 3.01. The summed E-state index contributed by atoms with van der Waals surface area (Å²) >= 11 is 0. The minimum Gasteiger partial charge on any atom is -0.354 e. The van der Waals surface area contributed by atoms with Crippen LogP contribution >= 0.6 is 0 Å². The molecule has 0 amide bonds. The Hall–Kier alpha value is -3.67. The number of nitrogens with zero attached hydrogens (tertiary/aromatic N) is 3. The summed E-state index contributed by atoms with van der Waals surface area (Å²) in [4.78, 5) is 13.2. The minimum absolute atomic E-state index is 0.247. The highest BCUT2D eigenvalue weighted by Crippen LogP contribution is 2.30. The number of rotatable bonds is 6. The molecule has 0 saturated carbocycles. The Morgan fingerprint density at radius 1 is 0.759 bits per heavy atom. The fourth-order valence-corrected chi connectivity index (χ4v) is 3.01. The lowest BCUT2D eigenvalue weighted by Gasteiger charge is -2.12. The van der Waals surface area contributed by atoms with E-state index in [1.807, 2.05) is 12.1 Å². The molecule has 2 aromatic heterocycles. The van der Waals surface area contributed by atoms with Crippen LogP contribution in [0.1, 0.15) is 5.56 Å². The van der Waals surface area contributed by atoms with Gasteiger partial charge < -0.3 is 5.32 Å². The molecule has 0 aliphatic carbocycles. The van der Waals surface area contributed by atoms with Crippen LogP contribution in [0.3, 0.4) is 0 Å². The normalized spacial score (nSPS) is 10.7. The first kappa shape index (κ1) is 18.7. The predicted octanol–water partition coefficient (Wildman–Crippen LogP) is 5.14. The van der Waals surface area contributed by atoms with Crippen LogP contribution in [0.25, 0.3) is 22.4 Å². The maximum atomic E-state index is 13.3. The van der Waals surface area contributed by atoms with E-state index in [-0.39, 0.29) is 11.6 Å². The van der Waals surface area contributed by atoms with Crippen molar-refractivity contribution in [1.82, 2.24) is 15.0 Å². The molecular formula is C23H18F2N4. The third kappa shape index (κ3) is 4.60. The number of halogens is 2. The summed E-state index contributed by atoms with van der Waals surface area (Å²) in [5.74, 6) is -0.0487. The SMILES string of the molecule is Fc1ccc(CCNc2ncc(-c3ccc(F)cc3)c(-c3ccncc3)n2)cc1. The third-order valence-corrected chi connectivity index (χ3v) is 4.51. The van der Waals surface area contributed by atoms with E-state index < -0.39 is 0 Å². The molecule has 4 rings (SSSR count). The molecular weight excluding hydrogens is 370 g/mol. The Morgan fingerprint density at radius 3 is 2.10 bits per heavy atom. The molecule has 1 N–H and O–H groups in total. The van der Waals surface area contributed by atoms with Crippen LogP contribution in [0.15, 0.2) is 79.3 Å². The fraction of sp³-hybridized carbons (Fsp3) is 0.0870. The van der Waals surface area contributed by atoms with Crippen molar-refractivity contribution in [2.45, 2.75) is 6.42 Å². The van der Waals surface area contributed by atoms with Gasteiger partial charge in [0.2, 0.25) is 5.95 Å². The predicted molar refractivity (Wildman–Crippen MR) is 109 cm³/mol. The van der Waals surface area contributed by atoms with Crippen molar-refractivity contribution in [3.63, 3.8) is 0 Å². The number of hydrogen-bond acceptors (Lipinski definition) is 4. The lowest BCUT2D eigenvalue weighted by atomic mass is 10.0. The van der Waals surface area contributed by atoms with Gasteiger partial charge in [-0.15, -0.1) is 0 Å². The number of pyridine rings is 1. The molecule has 0 aliphatic heterocycles. The van der Waals surface area contributed by atoms with Crippen molar-refractivity contribution >= 4 is 5.95 Å². The average molecular weight is 388 g/mol. The highest BCUT2D eigenvalue weighted by atomic mass is 19.1. The lowest BCUT2D eigenvalue weighted by Crippen LogP contribution is -2.09. The summed E-state index contributed by atoms with van der Waals surface area (Å²) in [7, 11) is 0. The number of anilines is 1. The van der Waals surface area contributed by atoms with E-state index in [2.05, 4.69) is 20.3 Å². The molecule has 29 heavy (non-hydrogen) atoms. The Bertz CT molecular complexity index is 1080. The van der Waals surface area contributed by atoms with E-state index in [4.69, 9.17) is 0 Å². The molecule has 2 aromatic carbocycles. The third-order valence-electron chi connectivity index (χ3n) is 4.51. The second-order valence-electron chi connectivity index (χ2n) is 6.50. The molecule has 0 radical (unpaired) electrons. The van der Waals surface area contributed by atoms with Gasteiger partial charge in [0.1, 0.15) is 11.6 Å². The average Bonchev–Trinajstić information content (AvgIpc) is 2.76. The van der Waals surface area contributed by atoms with Gasteiger partial charge in [0.25, 0.3) is 0 Å². The molecule has 4 aromatic rings. The molecule has 0 aliphatic rings. The number of benzene rings is 2. The Kier molecular flexibility index (Phi) is 5.52. The quantitative estimate of drug-likeness (QED) is 0.497. The molecule has 6 heteroatoms. The topological polar surface area (TPSA) is 50.7 Å². The molecule has 2 heterocycles. The van der Waals surface area contributed by atoms with Gasteiger partial charge in [0, 0.05) is 36.3 Å².